The first kappa shape index (κ1) is 12.8. The van der Waals surface area contributed by atoms with Gasteiger partial charge in [-0.3, -0.25) is 4.79 Å². The third kappa shape index (κ3) is 2.63. The van der Waals surface area contributed by atoms with Crippen LogP contribution >= 0.6 is 0 Å². The average Bonchev–Trinajstić information content (AvgIpc) is 2.82. The molecule has 2 aliphatic rings. The van der Waals surface area contributed by atoms with Crippen LogP contribution < -0.4 is 5.32 Å². The Hall–Kier alpha value is -0.620. The van der Waals surface area contributed by atoms with Crippen molar-refractivity contribution in [1.29, 1.82) is 0 Å². The summed E-state index contributed by atoms with van der Waals surface area (Å²) in [6, 6.07) is 0.0725. The number of carbonyl (C=O) groups excluding carboxylic acids is 1. The molecule has 3 atom stereocenters. The van der Waals surface area contributed by atoms with Gasteiger partial charge in [0.05, 0.1) is 17.4 Å². The summed E-state index contributed by atoms with van der Waals surface area (Å²) in [5, 5.41) is 3.25. The van der Waals surface area contributed by atoms with Gasteiger partial charge in [-0.2, -0.15) is 0 Å². The fraction of sp³-hybridized carbons (Fsp3) is 0.909. The van der Waals surface area contributed by atoms with E-state index in [1.54, 1.807) is 11.9 Å². The second-order valence-corrected chi connectivity index (χ2v) is 7.37. The minimum Gasteiger partial charge on any atom is -0.341 e. The van der Waals surface area contributed by atoms with E-state index in [4.69, 9.17) is 0 Å². The topological polar surface area (TPSA) is 66.5 Å². The van der Waals surface area contributed by atoms with Crippen molar-refractivity contribution in [3.05, 3.63) is 0 Å². The van der Waals surface area contributed by atoms with Crippen molar-refractivity contribution in [2.24, 2.45) is 5.92 Å². The maximum atomic E-state index is 12.2. The number of sulfone groups is 1. The molecule has 1 N–H and O–H groups in total. The number of rotatable bonds is 2. The zero-order valence-corrected chi connectivity index (χ0v) is 11.2. The highest BCUT2D eigenvalue weighted by atomic mass is 32.2. The third-order valence-corrected chi connectivity index (χ3v) is 5.70. The molecule has 5 nitrogen and oxygen atoms in total. The third-order valence-electron chi connectivity index (χ3n) is 3.95. The van der Waals surface area contributed by atoms with Crippen LogP contribution in [0, 0.1) is 5.92 Å². The predicted octanol–water partition coefficient (Wildman–Crippen LogP) is -0.370. The van der Waals surface area contributed by atoms with Crippen LogP contribution in [0.1, 0.15) is 19.8 Å². The second-order valence-electron chi connectivity index (χ2n) is 5.14. The van der Waals surface area contributed by atoms with Gasteiger partial charge in [0, 0.05) is 19.1 Å². The smallest absolute Gasteiger partial charge is 0.227 e. The standard InChI is InChI=1S/C11H20N2O3S/c1-8-10(3-5-12-8)11(14)13(2)9-4-6-17(15,16)7-9/h8-10,12H,3-7H2,1-2H3. The lowest BCUT2D eigenvalue weighted by Crippen LogP contribution is -2.44. The Kier molecular flexibility index (Phi) is 3.45. The molecule has 17 heavy (non-hydrogen) atoms. The summed E-state index contributed by atoms with van der Waals surface area (Å²) in [7, 11) is -1.19. The zero-order chi connectivity index (χ0) is 12.6. The molecule has 0 aromatic heterocycles. The molecule has 98 valence electrons. The van der Waals surface area contributed by atoms with Gasteiger partial charge < -0.3 is 10.2 Å². The fourth-order valence-electron chi connectivity index (χ4n) is 2.72. The first-order valence-electron chi connectivity index (χ1n) is 6.11. The molecule has 0 aliphatic carbocycles. The van der Waals surface area contributed by atoms with Crippen LogP contribution in [0.4, 0.5) is 0 Å². The first-order valence-corrected chi connectivity index (χ1v) is 7.93. The molecular weight excluding hydrogens is 240 g/mol. The average molecular weight is 260 g/mol. The van der Waals surface area contributed by atoms with Gasteiger partial charge in [0.25, 0.3) is 0 Å². The molecule has 1 amide bonds. The molecule has 0 spiro atoms. The Morgan fingerprint density at radius 3 is 2.53 bits per heavy atom. The van der Waals surface area contributed by atoms with Crippen molar-refractivity contribution in [2.75, 3.05) is 25.1 Å². The molecular formula is C11H20N2O3S. The lowest BCUT2D eigenvalue weighted by molar-refractivity contribution is -0.136. The SMILES string of the molecule is CC1NCCC1C(=O)N(C)C1CCS(=O)(=O)C1. The Labute approximate surface area is 102 Å². The Morgan fingerprint density at radius 1 is 1.35 bits per heavy atom. The Morgan fingerprint density at radius 2 is 2.06 bits per heavy atom. The van der Waals surface area contributed by atoms with Gasteiger partial charge in [0.1, 0.15) is 0 Å². The van der Waals surface area contributed by atoms with Gasteiger partial charge in [-0.1, -0.05) is 0 Å². The van der Waals surface area contributed by atoms with Crippen molar-refractivity contribution in [2.45, 2.75) is 31.8 Å². The van der Waals surface area contributed by atoms with Crippen molar-refractivity contribution >= 4 is 15.7 Å². The van der Waals surface area contributed by atoms with Crippen LogP contribution in [0.3, 0.4) is 0 Å². The molecule has 2 heterocycles. The summed E-state index contributed by atoms with van der Waals surface area (Å²) < 4.78 is 22.8. The largest absolute Gasteiger partial charge is 0.341 e. The quantitative estimate of drug-likeness (QED) is 0.735. The Balaban J connectivity index is 2.00. The monoisotopic (exact) mass is 260 g/mol. The van der Waals surface area contributed by atoms with Gasteiger partial charge in [0.15, 0.2) is 9.84 Å². The molecule has 0 bridgehead atoms. The van der Waals surface area contributed by atoms with E-state index < -0.39 is 9.84 Å². The van der Waals surface area contributed by atoms with E-state index in [-0.39, 0.29) is 35.4 Å². The molecule has 2 fully saturated rings. The molecule has 2 aliphatic heterocycles. The maximum absolute atomic E-state index is 12.2. The fourth-order valence-corrected chi connectivity index (χ4v) is 4.49. The van der Waals surface area contributed by atoms with Crippen LogP contribution in [0.2, 0.25) is 0 Å². The van der Waals surface area contributed by atoms with E-state index in [0.717, 1.165) is 13.0 Å². The van der Waals surface area contributed by atoms with E-state index in [1.165, 1.54) is 0 Å². The van der Waals surface area contributed by atoms with Crippen molar-refractivity contribution in [3.63, 3.8) is 0 Å². The van der Waals surface area contributed by atoms with Crippen LogP contribution in [-0.2, 0) is 14.6 Å². The summed E-state index contributed by atoms with van der Waals surface area (Å²) in [6.45, 7) is 2.88. The van der Waals surface area contributed by atoms with E-state index in [1.807, 2.05) is 6.92 Å². The lowest BCUT2D eigenvalue weighted by atomic mass is 9.99. The highest BCUT2D eigenvalue weighted by Gasteiger charge is 2.37. The number of carbonyl (C=O) groups is 1. The van der Waals surface area contributed by atoms with Crippen molar-refractivity contribution in [3.8, 4) is 0 Å². The molecule has 0 saturated carbocycles. The molecule has 3 unspecified atom stereocenters. The van der Waals surface area contributed by atoms with Crippen LogP contribution in [-0.4, -0.2) is 56.4 Å². The number of nitrogens with one attached hydrogen (secondary N) is 1. The van der Waals surface area contributed by atoms with E-state index in [9.17, 15) is 13.2 Å². The number of nitrogens with zero attached hydrogens (tertiary/aromatic N) is 1. The number of hydrogen-bond donors (Lipinski definition) is 1. The minimum atomic E-state index is -2.92. The molecule has 0 radical (unpaired) electrons. The van der Waals surface area contributed by atoms with Crippen molar-refractivity contribution in [1.82, 2.24) is 10.2 Å². The van der Waals surface area contributed by atoms with Crippen molar-refractivity contribution < 1.29 is 13.2 Å². The summed E-state index contributed by atoms with van der Waals surface area (Å²) in [5.74, 6) is 0.435. The highest BCUT2D eigenvalue weighted by molar-refractivity contribution is 7.91. The Bertz CT molecular complexity index is 407. The number of amides is 1. The lowest BCUT2D eigenvalue weighted by Gasteiger charge is -2.27. The molecule has 2 saturated heterocycles. The van der Waals surface area contributed by atoms with Crippen LogP contribution in [0.5, 0.6) is 0 Å². The highest BCUT2D eigenvalue weighted by Crippen LogP contribution is 2.22. The van der Waals surface area contributed by atoms with Crippen LogP contribution in [0.15, 0.2) is 0 Å². The first-order chi connectivity index (χ1) is 7.91. The molecule has 6 heteroatoms. The second kappa shape index (κ2) is 4.57. The predicted molar refractivity (Wildman–Crippen MR) is 65.4 cm³/mol. The van der Waals surface area contributed by atoms with Gasteiger partial charge in [-0.15, -0.1) is 0 Å². The molecule has 0 aromatic rings. The van der Waals surface area contributed by atoms with Gasteiger partial charge >= 0.3 is 0 Å². The molecule has 0 aromatic carbocycles. The molecule has 2 rings (SSSR count). The van der Waals surface area contributed by atoms with E-state index >= 15 is 0 Å². The summed E-state index contributed by atoms with van der Waals surface area (Å²) >= 11 is 0. The van der Waals surface area contributed by atoms with Gasteiger partial charge in [0.2, 0.25) is 5.91 Å². The zero-order valence-electron chi connectivity index (χ0n) is 10.3. The summed E-state index contributed by atoms with van der Waals surface area (Å²) in [4.78, 5) is 13.9. The van der Waals surface area contributed by atoms with Gasteiger partial charge in [-0.25, -0.2) is 8.42 Å². The minimum absolute atomic E-state index is 0.00306. The van der Waals surface area contributed by atoms with Gasteiger partial charge in [-0.05, 0) is 26.3 Å². The maximum Gasteiger partial charge on any atom is 0.227 e. The van der Waals surface area contributed by atoms with E-state index in [2.05, 4.69) is 5.32 Å². The summed E-state index contributed by atoms with van der Waals surface area (Å²) in [6.07, 6.45) is 1.43. The normalized spacial score (nSPS) is 36.0. The van der Waals surface area contributed by atoms with Crippen LogP contribution in [0.25, 0.3) is 0 Å². The summed E-state index contributed by atoms with van der Waals surface area (Å²) in [5.41, 5.74) is 0. The number of hydrogen-bond acceptors (Lipinski definition) is 4. The van der Waals surface area contributed by atoms with E-state index in [0.29, 0.717) is 6.42 Å².